The Bertz CT molecular complexity index is 347. The van der Waals surface area contributed by atoms with Crippen molar-refractivity contribution in [1.29, 1.82) is 0 Å². The van der Waals surface area contributed by atoms with E-state index in [0.717, 1.165) is 0 Å². The third kappa shape index (κ3) is 4.80. The average Bonchev–Trinajstić information content (AvgIpc) is 2.16. The fourth-order valence-electron chi connectivity index (χ4n) is 0.898. The summed E-state index contributed by atoms with van der Waals surface area (Å²) in [6, 6.07) is 6.49. The van der Waals surface area contributed by atoms with E-state index in [1.807, 2.05) is 6.92 Å². The molecule has 6 nitrogen and oxygen atoms in total. The molecule has 0 atom stereocenters. The Balaban J connectivity index is 2.53. The van der Waals surface area contributed by atoms with Gasteiger partial charge in [-0.15, -0.1) is 0 Å². The van der Waals surface area contributed by atoms with Crippen LogP contribution in [0.4, 0.5) is 5.69 Å². The lowest BCUT2D eigenvalue weighted by molar-refractivity contribution is 0.233. The molecule has 84 valence electrons. The van der Waals surface area contributed by atoms with Crippen molar-refractivity contribution in [1.82, 2.24) is 0 Å². The fraction of sp³-hybridized carbons (Fsp3) is 0.250. The predicted octanol–water partition coefficient (Wildman–Crippen LogP) is 1.52. The maximum Gasteiger partial charge on any atom is 0.491 e. The van der Waals surface area contributed by atoms with E-state index >= 15 is 0 Å². The molecule has 0 aliphatic carbocycles. The van der Waals surface area contributed by atoms with Gasteiger partial charge in [-0.05, 0) is 31.2 Å². The van der Waals surface area contributed by atoms with Crippen LogP contribution in [0.15, 0.2) is 24.3 Å². The molecule has 0 aliphatic heterocycles. The maximum atomic E-state index is 10.4. The Kier molecular flexibility index (Phi) is 4.11. The van der Waals surface area contributed by atoms with E-state index in [4.69, 9.17) is 14.5 Å². The highest BCUT2D eigenvalue weighted by Crippen LogP contribution is 2.35. The van der Waals surface area contributed by atoms with Crippen LogP contribution in [0, 0.1) is 0 Å². The van der Waals surface area contributed by atoms with Gasteiger partial charge in [-0.1, -0.05) is 0 Å². The highest BCUT2D eigenvalue weighted by molar-refractivity contribution is 7.46. The third-order valence-electron chi connectivity index (χ3n) is 1.45. The number of hydrogen-bond acceptors (Lipinski definition) is 4. The van der Waals surface area contributed by atoms with Gasteiger partial charge in [-0.3, -0.25) is 5.48 Å². The number of anilines is 1. The van der Waals surface area contributed by atoms with Crippen LogP contribution in [-0.4, -0.2) is 16.4 Å². The van der Waals surface area contributed by atoms with Crippen LogP contribution in [0.5, 0.6) is 5.75 Å². The number of nitrogens with one attached hydrogen (secondary N) is 1. The zero-order valence-electron chi connectivity index (χ0n) is 8.08. The molecule has 1 aromatic rings. The SMILES string of the molecule is CCOc1ccc(NOP(=O)(O)O)cc1. The zero-order valence-corrected chi connectivity index (χ0v) is 8.98. The van der Waals surface area contributed by atoms with E-state index in [1.165, 1.54) is 0 Å². The van der Waals surface area contributed by atoms with Crippen molar-refractivity contribution >= 4 is 13.5 Å². The molecule has 0 aliphatic rings. The van der Waals surface area contributed by atoms with Gasteiger partial charge >= 0.3 is 7.82 Å². The normalized spacial score (nSPS) is 11.1. The van der Waals surface area contributed by atoms with Crippen molar-refractivity contribution in [2.75, 3.05) is 12.1 Å². The van der Waals surface area contributed by atoms with Gasteiger partial charge in [0.15, 0.2) is 0 Å². The maximum absolute atomic E-state index is 10.4. The van der Waals surface area contributed by atoms with E-state index in [-0.39, 0.29) is 0 Å². The third-order valence-corrected chi connectivity index (χ3v) is 1.78. The summed E-state index contributed by atoms with van der Waals surface area (Å²) in [5, 5.41) is 0. The first-order valence-electron chi connectivity index (χ1n) is 4.24. The first-order chi connectivity index (χ1) is 7.01. The molecule has 3 N–H and O–H groups in total. The standard InChI is InChI=1S/C8H12NO5P/c1-2-13-8-5-3-7(4-6-8)9-14-15(10,11)12/h3-6,9H,2H2,1H3,(H2,10,11,12). The summed E-state index contributed by atoms with van der Waals surface area (Å²) in [7, 11) is -4.50. The minimum absolute atomic E-state index is 0.432. The largest absolute Gasteiger partial charge is 0.494 e. The van der Waals surface area contributed by atoms with E-state index in [2.05, 4.69) is 10.1 Å². The number of hydrogen-bond donors (Lipinski definition) is 3. The molecule has 7 heteroatoms. The number of benzene rings is 1. The van der Waals surface area contributed by atoms with Crippen LogP contribution >= 0.6 is 7.82 Å². The summed E-state index contributed by atoms with van der Waals surface area (Å²) in [5.74, 6) is 0.680. The minimum atomic E-state index is -4.50. The van der Waals surface area contributed by atoms with Crippen molar-refractivity contribution in [2.24, 2.45) is 0 Å². The van der Waals surface area contributed by atoms with Gasteiger partial charge < -0.3 is 14.5 Å². The van der Waals surface area contributed by atoms with Gasteiger partial charge in [0.05, 0.1) is 12.3 Å². The molecule has 0 spiro atoms. The summed E-state index contributed by atoms with van der Waals surface area (Å²) in [5.41, 5.74) is 2.57. The summed E-state index contributed by atoms with van der Waals surface area (Å²) in [4.78, 5) is 16.8. The molecule has 0 unspecified atom stereocenters. The molecule has 0 radical (unpaired) electrons. The average molecular weight is 233 g/mol. The van der Waals surface area contributed by atoms with Crippen LogP contribution in [0.1, 0.15) is 6.92 Å². The molecule has 0 heterocycles. The molecule has 1 aromatic carbocycles. The van der Waals surface area contributed by atoms with Crippen LogP contribution in [-0.2, 0) is 9.19 Å². The van der Waals surface area contributed by atoms with E-state index in [9.17, 15) is 4.57 Å². The van der Waals surface area contributed by atoms with Crippen LogP contribution in [0.2, 0.25) is 0 Å². The molecule has 0 bridgehead atoms. The predicted molar refractivity (Wildman–Crippen MR) is 54.4 cm³/mol. The summed E-state index contributed by atoms with van der Waals surface area (Å²) >= 11 is 0. The lowest BCUT2D eigenvalue weighted by Gasteiger charge is -2.08. The van der Waals surface area contributed by atoms with E-state index in [0.29, 0.717) is 18.0 Å². The Morgan fingerprint density at radius 2 is 1.93 bits per heavy atom. The molecular formula is C8H12NO5P. The van der Waals surface area contributed by atoms with Gasteiger partial charge in [-0.2, -0.15) is 4.62 Å². The molecule has 1 rings (SSSR count). The fourth-order valence-corrected chi connectivity index (χ4v) is 1.12. The molecule has 15 heavy (non-hydrogen) atoms. The minimum Gasteiger partial charge on any atom is -0.494 e. The summed E-state index contributed by atoms with van der Waals surface area (Å²) in [6.07, 6.45) is 0. The first-order valence-corrected chi connectivity index (χ1v) is 5.77. The van der Waals surface area contributed by atoms with Crippen molar-refractivity contribution < 1.29 is 23.7 Å². The lowest BCUT2D eigenvalue weighted by atomic mass is 10.3. The lowest BCUT2D eigenvalue weighted by Crippen LogP contribution is -1.98. The summed E-state index contributed by atoms with van der Waals surface area (Å²) in [6.45, 7) is 2.43. The second-order valence-corrected chi connectivity index (χ2v) is 3.81. The molecule has 0 saturated heterocycles. The Morgan fingerprint density at radius 3 is 2.40 bits per heavy atom. The Labute approximate surface area is 87.0 Å². The number of ether oxygens (including phenoxy) is 1. The van der Waals surface area contributed by atoms with Gasteiger partial charge in [0.2, 0.25) is 0 Å². The molecule has 0 fully saturated rings. The quantitative estimate of drug-likeness (QED) is 0.528. The number of rotatable bonds is 5. The van der Waals surface area contributed by atoms with Gasteiger partial charge in [0.25, 0.3) is 0 Å². The van der Waals surface area contributed by atoms with E-state index < -0.39 is 7.82 Å². The number of phosphoric acid groups is 1. The highest BCUT2D eigenvalue weighted by atomic mass is 31.2. The molecule has 0 aromatic heterocycles. The smallest absolute Gasteiger partial charge is 0.491 e. The molecule has 0 amide bonds. The van der Waals surface area contributed by atoms with Crippen molar-refractivity contribution in [3.8, 4) is 5.75 Å². The monoisotopic (exact) mass is 233 g/mol. The Hall–Kier alpha value is -1.07. The molecule has 0 saturated carbocycles. The van der Waals surface area contributed by atoms with Gasteiger partial charge in [0, 0.05) is 0 Å². The van der Waals surface area contributed by atoms with Crippen molar-refractivity contribution in [3.05, 3.63) is 24.3 Å². The van der Waals surface area contributed by atoms with Crippen molar-refractivity contribution in [3.63, 3.8) is 0 Å². The first kappa shape index (κ1) is 12.0. The topological polar surface area (TPSA) is 88.0 Å². The van der Waals surface area contributed by atoms with Crippen LogP contribution in [0.25, 0.3) is 0 Å². The molecular weight excluding hydrogens is 221 g/mol. The Morgan fingerprint density at radius 1 is 1.33 bits per heavy atom. The van der Waals surface area contributed by atoms with Crippen LogP contribution in [0.3, 0.4) is 0 Å². The van der Waals surface area contributed by atoms with E-state index in [1.54, 1.807) is 24.3 Å². The van der Waals surface area contributed by atoms with Gasteiger partial charge in [-0.25, -0.2) is 4.57 Å². The second kappa shape index (κ2) is 5.14. The zero-order chi connectivity index (χ0) is 11.3. The second-order valence-electron chi connectivity index (χ2n) is 2.64. The van der Waals surface area contributed by atoms with Crippen molar-refractivity contribution in [2.45, 2.75) is 6.92 Å². The van der Waals surface area contributed by atoms with Gasteiger partial charge in [0.1, 0.15) is 5.75 Å². The summed E-state index contributed by atoms with van der Waals surface area (Å²) < 4.78 is 19.6. The van der Waals surface area contributed by atoms with Crippen LogP contribution < -0.4 is 10.2 Å². The highest BCUT2D eigenvalue weighted by Gasteiger charge is 2.13.